The summed E-state index contributed by atoms with van der Waals surface area (Å²) in [5.41, 5.74) is 0.682. The number of carbonyl (C=O) groups is 4. The van der Waals surface area contributed by atoms with Crippen molar-refractivity contribution in [2.24, 2.45) is 11.3 Å². The Bertz CT molecular complexity index is 853. The number of rotatable bonds is 3. The number of esters is 1. The molecular weight excluding hydrogens is 386 g/mol. The molecule has 0 aliphatic carbocycles. The Hall–Kier alpha value is -2.90. The molecule has 1 aromatic carbocycles. The molecule has 162 valence electrons. The van der Waals surface area contributed by atoms with E-state index in [1.54, 1.807) is 29.2 Å². The number of para-hydroxylation sites is 2. The average molecular weight is 415 g/mol. The fourth-order valence-corrected chi connectivity index (χ4v) is 3.76. The van der Waals surface area contributed by atoms with E-state index in [1.165, 1.54) is 11.8 Å². The van der Waals surface area contributed by atoms with Crippen molar-refractivity contribution in [2.75, 3.05) is 29.9 Å². The minimum atomic E-state index is -1.01. The maximum atomic E-state index is 12.9. The van der Waals surface area contributed by atoms with Gasteiger partial charge in [0.05, 0.1) is 17.3 Å². The summed E-state index contributed by atoms with van der Waals surface area (Å²) in [6, 6.07) is 7.01. The number of piperidine rings is 1. The number of benzene rings is 1. The zero-order chi connectivity index (χ0) is 22.1. The lowest BCUT2D eigenvalue weighted by Gasteiger charge is -2.35. The molecule has 3 rings (SSSR count). The van der Waals surface area contributed by atoms with E-state index in [1.807, 2.05) is 20.8 Å². The van der Waals surface area contributed by atoms with Crippen LogP contribution in [-0.4, -0.2) is 54.3 Å². The maximum Gasteiger partial charge on any atom is 0.309 e. The zero-order valence-electron chi connectivity index (χ0n) is 17.9. The summed E-state index contributed by atoms with van der Waals surface area (Å²) in [6.45, 7) is 8.03. The van der Waals surface area contributed by atoms with E-state index in [-0.39, 0.29) is 24.3 Å². The van der Waals surface area contributed by atoms with Crippen LogP contribution < -0.4 is 10.2 Å². The van der Waals surface area contributed by atoms with Gasteiger partial charge in [0.1, 0.15) is 6.54 Å². The molecule has 1 aromatic rings. The first-order valence-electron chi connectivity index (χ1n) is 10.3. The molecule has 30 heavy (non-hydrogen) atoms. The number of fused-ring (bicyclic) bond motifs is 1. The number of hydrogen-bond donors (Lipinski definition) is 1. The van der Waals surface area contributed by atoms with E-state index in [0.717, 1.165) is 0 Å². The second-order valence-electron chi connectivity index (χ2n) is 8.89. The molecule has 2 aliphatic rings. The third-order valence-electron chi connectivity index (χ3n) is 5.43. The lowest BCUT2D eigenvalue weighted by atomic mass is 9.91. The maximum absolute atomic E-state index is 12.9. The van der Waals surface area contributed by atoms with Crippen LogP contribution in [-0.2, 0) is 23.9 Å². The Balaban J connectivity index is 1.58. The number of ether oxygens (including phenoxy) is 1. The van der Waals surface area contributed by atoms with Crippen molar-refractivity contribution in [3.63, 3.8) is 0 Å². The minimum absolute atomic E-state index is 0.0694. The van der Waals surface area contributed by atoms with Crippen molar-refractivity contribution in [1.29, 1.82) is 0 Å². The molecule has 1 atom stereocenters. The number of carbonyl (C=O) groups excluding carboxylic acids is 4. The summed E-state index contributed by atoms with van der Waals surface area (Å²) < 4.78 is 5.45. The fourth-order valence-electron chi connectivity index (χ4n) is 3.76. The van der Waals surface area contributed by atoms with Crippen molar-refractivity contribution in [1.82, 2.24) is 4.90 Å². The first-order valence-corrected chi connectivity index (χ1v) is 10.3. The molecule has 0 radical (unpaired) electrons. The van der Waals surface area contributed by atoms with Crippen LogP contribution in [0.1, 0.15) is 40.5 Å². The molecular formula is C22H29N3O5. The number of amides is 3. The molecule has 1 N–H and O–H groups in total. The van der Waals surface area contributed by atoms with E-state index in [4.69, 9.17) is 4.74 Å². The van der Waals surface area contributed by atoms with E-state index >= 15 is 0 Å². The third-order valence-corrected chi connectivity index (χ3v) is 5.43. The zero-order valence-corrected chi connectivity index (χ0v) is 17.9. The number of anilines is 2. The largest absolute Gasteiger partial charge is 0.452 e. The summed E-state index contributed by atoms with van der Waals surface area (Å²) in [6.07, 6.45) is 0.0123. The lowest BCUT2D eigenvalue weighted by Crippen LogP contribution is -2.48. The molecule has 0 bridgehead atoms. The predicted octanol–water partition coefficient (Wildman–Crippen LogP) is 2.19. The smallest absolute Gasteiger partial charge is 0.309 e. The van der Waals surface area contributed by atoms with Gasteiger partial charge in [-0.25, -0.2) is 0 Å². The molecule has 1 fully saturated rings. The highest BCUT2D eigenvalue weighted by molar-refractivity contribution is 6.11. The Morgan fingerprint density at radius 1 is 1.13 bits per heavy atom. The molecule has 2 heterocycles. The summed E-state index contributed by atoms with van der Waals surface area (Å²) in [5.74, 6) is -1.45. The summed E-state index contributed by atoms with van der Waals surface area (Å²) in [4.78, 5) is 53.0. The van der Waals surface area contributed by atoms with Gasteiger partial charge in [0.2, 0.25) is 11.8 Å². The van der Waals surface area contributed by atoms with Crippen molar-refractivity contribution in [2.45, 2.75) is 46.6 Å². The Morgan fingerprint density at radius 3 is 2.40 bits per heavy atom. The molecule has 0 unspecified atom stereocenters. The quantitative estimate of drug-likeness (QED) is 0.764. The van der Waals surface area contributed by atoms with Crippen LogP contribution in [0.4, 0.5) is 11.4 Å². The molecule has 3 amide bonds. The molecule has 1 saturated heterocycles. The van der Waals surface area contributed by atoms with Crippen LogP contribution in [0, 0.1) is 11.3 Å². The van der Waals surface area contributed by atoms with Crippen LogP contribution in [0.2, 0.25) is 0 Å². The first kappa shape index (κ1) is 21.8. The molecule has 8 heteroatoms. The number of nitrogens with zero attached hydrogens (tertiary/aromatic N) is 2. The Morgan fingerprint density at radius 2 is 1.77 bits per heavy atom. The SMILES string of the molecule is C[C@@H](OC(=O)C1CCN(C(=O)C(C)(C)C)CC1)C(=O)N1CC(=O)Nc2ccccc21. The molecule has 0 spiro atoms. The lowest BCUT2D eigenvalue weighted by molar-refractivity contribution is -0.160. The standard InChI is InChI=1S/C22H29N3O5/c1-14(19(27)25-13-18(26)23-16-7-5-6-8-17(16)25)30-20(28)15-9-11-24(12-10-15)21(29)22(2,3)4/h5-8,14-15H,9-13H2,1-4H3,(H,23,26)/t14-/m1/s1. The molecule has 0 aromatic heterocycles. The van der Waals surface area contributed by atoms with Crippen molar-refractivity contribution >= 4 is 35.1 Å². The van der Waals surface area contributed by atoms with Gasteiger partial charge in [-0.15, -0.1) is 0 Å². The highest BCUT2D eigenvalue weighted by Gasteiger charge is 2.35. The van der Waals surface area contributed by atoms with Crippen LogP contribution in [0.3, 0.4) is 0 Å². The highest BCUT2D eigenvalue weighted by atomic mass is 16.5. The third kappa shape index (κ3) is 4.63. The number of likely N-dealkylation sites (tertiary alicyclic amines) is 1. The van der Waals surface area contributed by atoms with E-state index in [9.17, 15) is 19.2 Å². The van der Waals surface area contributed by atoms with E-state index in [0.29, 0.717) is 37.3 Å². The normalized spacial score (nSPS) is 18.3. The van der Waals surface area contributed by atoms with Gasteiger partial charge in [-0.3, -0.25) is 24.1 Å². The number of hydrogen-bond acceptors (Lipinski definition) is 5. The van der Waals surface area contributed by atoms with Gasteiger partial charge >= 0.3 is 5.97 Å². The molecule has 8 nitrogen and oxygen atoms in total. The van der Waals surface area contributed by atoms with Gasteiger partial charge in [0.15, 0.2) is 6.10 Å². The van der Waals surface area contributed by atoms with Gasteiger partial charge in [0, 0.05) is 18.5 Å². The second kappa shape index (κ2) is 8.45. The predicted molar refractivity (Wildman–Crippen MR) is 112 cm³/mol. The van der Waals surface area contributed by atoms with Crippen LogP contribution >= 0.6 is 0 Å². The van der Waals surface area contributed by atoms with Crippen molar-refractivity contribution in [3.05, 3.63) is 24.3 Å². The van der Waals surface area contributed by atoms with E-state index < -0.39 is 23.4 Å². The monoisotopic (exact) mass is 415 g/mol. The van der Waals surface area contributed by atoms with Gasteiger partial charge < -0.3 is 15.0 Å². The van der Waals surface area contributed by atoms with Crippen LogP contribution in [0.5, 0.6) is 0 Å². The molecule has 2 aliphatic heterocycles. The second-order valence-corrected chi connectivity index (χ2v) is 8.89. The van der Waals surface area contributed by atoms with Gasteiger partial charge in [-0.05, 0) is 31.9 Å². The molecule has 0 saturated carbocycles. The average Bonchev–Trinajstić information content (AvgIpc) is 2.71. The number of nitrogens with one attached hydrogen (secondary N) is 1. The fraction of sp³-hybridized carbons (Fsp3) is 0.545. The van der Waals surface area contributed by atoms with Crippen LogP contribution in [0.25, 0.3) is 0 Å². The van der Waals surface area contributed by atoms with Crippen molar-refractivity contribution in [3.8, 4) is 0 Å². The Labute approximate surface area is 176 Å². The summed E-state index contributed by atoms with van der Waals surface area (Å²) in [5, 5.41) is 2.73. The van der Waals surface area contributed by atoms with Gasteiger partial charge in [0.25, 0.3) is 5.91 Å². The highest BCUT2D eigenvalue weighted by Crippen LogP contribution is 2.30. The van der Waals surface area contributed by atoms with Gasteiger partial charge in [-0.2, -0.15) is 0 Å². The first-order chi connectivity index (χ1) is 14.1. The minimum Gasteiger partial charge on any atom is -0.452 e. The van der Waals surface area contributed by atoms with Crippen molar-refractivity contribution < 1.29 is 23.9 Å². The topological polar surface area (TPSA) is 96.0 Å². The van der Waals surface area contributed by atoms with Gasteiger partial charge in [-0.1, -0.05) is 32.9 Å². The summed E-state index contributed by atoms with van der Waals surface area (Å²) >= 11 is 0. The van der Waals surface area contributed by atoms with E-state index in [2.05, 4.69) is 5.32 Å². The summed E-state index contributed by atoms with van der Waals surface area (Å²) in [7, 11) is 0. The Kier molecular flexibility index (Phi) is 6.14. The van der Waals surface area contributed by atoms with Crippen LogP contribution in [0.15, 0.2) is 24.3 Å².